The number of thiophene rings is 1. The van der Waals surface area contributed by atoms with Crippen molar-refractivity contribution in [2.45, 2.75) is 233 Å². The molecule has 0 atom stereocenters. The minimum absolute atomic E-state index is 0.00211. The number of fused-ring (bicyclic) bond motifs is 1. The van der Waals surface area contributed by atoms with Crippen LogP contribution in [0.3, 0.4) is 0 Å². The van der Waals surface area contributed by atoms with Crippen LogP contribution in [0.1, 0.15) is 241 Å². The molecule has 0 saturated carbocycles. The highest BCUT2D eigenvalue weighted by molar-refractivity contribution is 7.17. The first-order valence-corrected chi connectivity index (χ1v) is 27.4. The lowest BCUT2D eigenvalue weighted by Crippen LogP contribution is -2.36. The summed E-state index contributed by atoms with van der Waals surface area (Å²) in [6.07, 6.45) is 32.0. The second kappa shape index (κ2) is 38.0. The van der Waals surface area contributed by atoms with Crippen LogP contribution in [-0.2, 0) is 41.6 Å². The quantitative estimate of drug-likeness (QED) is 0.0490. The summed E-state index contributed by atoms with van der Waals surface area (Å²) in [4.78, 5) is 70.3. The average Bonchev–Trinajstić information content (AvgIpc) is 3.65. The monoisotopic (exact) mass is 931 g/mol. The molecule has 374 valence electrons. The standard InChI is InChI=1S/C53H94N4O7S/c1-6-9-12-15-18-23-30-41-63-49(60)36-29-22-21-27-34-47(58)55-52-50(51(61)54-38-40-56(4)5)45-37-39-57(43-46(45)65-52)48(59)35-28-24-31-42-64-53(62)44(32-25-19-16-13-10-7-2)33-26-20-17-14-11-8-3/h44H,6-43H2,1-5H3,(H,54,61)(H,55,58). The van der Waals surface area contributed by atoms with Gasteiger partial charge in [0.1, 0.15) is 5.00 Å². The van der Waals surface area contributed by atoms with Crippen molar-refractivity contribution >= 4 is 46.0 Å². The minimum atomic E-state index is -0.199. The van der Waals surface area contributed by atoms with E-state index in [-0.39, 0.29) is 35.6 Å². The zero-order valence-corrected chi connectivity index (χ0v) is 42.9. The average molecular weight is 931 g/mol. The third kappa shape index (κ3) is 27.4. The molecule has 2 heterocycles. The van der Waals surface area contributed by atoms with Gasteiger partial charge in [0.2, 0.25) is 11.8 Å². The summed E-state index contributed by atoms with van der Waals surface area (Å²) in [7, 11) is 3.92. The van der Waals surface area contributed by atoms with Crippen LogP contribution in [0, 0.1) is 5.92 Å². The number of anilines is 1. The van der Waals surface area contributed by atoms with Crippen LogP contribution >= 0.6 is 11.3 Å². The molecule has 0 unspecified atom stereocenters. The second-order valence-electron chi connectivity index (χ2n) is 18.9. The first-order chi connectivity index (χ1) is 31.6. The first kappa shape index (κ1) is 58.1. The van der Waals surface area contributed by atoms with E-state index in [1.165, 1.54) is 108 Å². The summed E-state index contributed by atoms with van der Waals surface area (Å²) in [6, 6.07) is 0. The molecule has 0 bridgehead atoms. The highest BCUT2D eigenvalue weighted by atomic mass is 32.1. The van der Waals surface area contributed by atoms with E-state index in [1.54, 1.807) is 0 Å². The Morgan fingerprint density at radius 2 is 1.14 bits per heavy atom. The summed E-state index contributed by atoms with van der Waals surface area (Å²) in [5.41, 5.74) is 1.44. The van der Waals surface area contributed by atoms with Gasteiger partial charge in [-0.25, -0.2) is 0 Å². The van der Waals surface area contributed by atoms with E-state index >= 15 is 0 Å². The molecule has 0 aromatic carbocycles. The molecular formula is C53H94N4O7S. The number of ether oxygens (including phenoxy) is 2. The summed E-state index contributed by atoms with van der Waals surface area (Å²) in [6.45, 7) is 9.72. The van der Waals surface area contributed by atoms with E-state index in [9.17, 15) is 24.0 Å². The number of esters is 2. The normalized spacial score (nSPS) is 12.4. The maximum Gasteiger partial charge on any atom is 0.308 e. The predicted molar refractivity (Wildman–Crippen MR) is 269 cm³/mol. The van der Waals surface area contributed by atoms with Gasteiger partial charge < -0.3 is 29.9 Å². The predicted octanol–water partition coefficient (Wildman–Crippen LogP) is 12.7. The van der Waals surface area contributed by atoms with Crippen molar-refractivity contribution in [1.82, 2.24) is 15.1 Å². The molecule has 3 amide bonds. The number of hydrogen-bond donors (Lipinski definition) is 2. The lowest BCUT2D eigenvalue weighted by atomic mass is 9.94. The van der Waals surface area contributed by atoms with Gasteiger partial charge in [-0.15, -0.1) is 11.3 Å². The molecule has 0 radical (unpaired) electrons. The third-order valence-corrected chi connectivity index (χ3v) is 13.8. The second-order valence-corrected chi connectivity index (χ2v) is 20.0. The van der Waals surface area contributed by atoms with Gasteiger partial charge in [0.25, 0.3) is 5.91 Å². The number of rotatable bonds is 41. The van der Waals surface area contributed by atoms with Crippen molar-refractivity contribution in [3.8, 4) is 0 Å². The summed E-state index contributed by atoms with van der Waals surface area (Å²) in [5.74, 6) is -0.424. The van der Waals surface area contributed by atoms with Crippen LogP contribution in [0.5, 0.6) is 0 Å². The number of amides is 3. The van der Waals surface area contributed by atoms with Crippen molar-refractivity contribution in [3.05, 3.63) is 16.0 Å². The van der Waals surface area contributed by atoms with Gasteiger partial charge in [0.05, 0.1) is 31.2 Å². The molecule has 12 heteroatoms. The molecule has 0 aliphatic carbocycles. The topological polar surface area (TPSA) is 134 Å². The highest BCUT2D eigenvalue weighted by Gasteiger charge is 2.30. The van der Waals surface area contributed by atoms with Gasteiger partial charge in [-0.05, 0) is 77.4 Å². The zero-order valence-electron chi connectivity index (χ0n) is 42.1. The Morgan fingerprint density at radius 1 is 0.631 bits per heavy atom. The Kier molecular flexibility index (Phi) is 34.0. The molecule has 65 heavy (non-hydrogen) atoms. The molecule has 2 rings (SSSR count). The van der Waals surface area contributed by atoms with Crippen molar-refractivity contribution in [2.75, 3.05) is 52.3 Å². The maximum absolute atomic E-state index is 13.6. The number of nitrogens with one attached hydrogen (secondary N) is 2. The van der Waals surface area contributed by atoms with Crippen LogP contribution in [0.4, 0.5) is 5.00 Å². The van der Waals surface area contributed by atoms with Gasteiger partial charge in [0.15, 0.2) is 0 Å². The largest absolute Gasteiger partial charge is 0.466 e. The molecule has 2 N–H and O–H groups in total. The smallest absolute Gasteiger partial charge is 0.308 e. The fourth-order valence-corrected chi connectivity index (χ4v) is 9.84. The van der Waals surface area contributed by atoms with E-state index in [0.29, 0.717) is 82.1 Å². The van der Waals surface area contributed by atoms with Crippen molar-refractivity contribution in [2.24, 2.45) is 5.92 Å². The number of carbonyl (C=O) groups excluding carboxylic acids is 5. The Morgan fingerprint density at radius 3 is 1.74 bits per heavy atom. The Labute approximate surface area is 400 Å². The van der Waals surface area contributed by atoms with Crippen LogP contribution in [0.25, 0.3) is 0 Å². The number of carbonyl (C=O) groups is 5. The lowest BCUT2D eigenvalue weighted by Gasteiger charge is -2.27. The number of nitrogens with zero attached hydrogens (tertiary/aromatic N) is 2. The van der Waals surface area contributed by atoms with Crippen molar-refractivity contribution in [3.63, 3.8) is 0 Å². The minimum Gasteiger partial charge on any atom is -0.466 e. The summed E-state index contributed by atoms with van der Waals surface area (Å²) < 4.78 is 11.2. The van der Waals surface area contributed by atoms with Gasteiger partial charge in [-0.3, -0.25) is 24.0 Å². The maximum atomic E-state index is 13.6. The number of hydrogen-bond acceptors (Lipinski definition) is 9. The van der Waals surface area contributed by atoms with E-state index in [0.717, 1.165) is 87.5 Å². The first-order valence-electron chi connectivity index (χ1n) is 26.6. The van der Waals surface area contributed by atoms with Gasteiger partial charge in [-0.1, -0.05) is 149 Å². The molecule has 1 aliphatic heterocycles. The lowest BCUT2D eigenvalue weighted by molar-refractivity contribution is -0.149. The van der Waals surface area contributed by atoms with Gasteiger partial charge in [-0.2, -0.15) is 0 Å². The van der Waals surface area contributed by atoms with Crippen LogP contribution < -0.4 is 10.6 Å². The zero-order chi connectivity index (χ0) is 47.3. The molecular weight excluding hydrogens is 837 g/mol. The van der Waals surface area contributed by atoms with Gasteiger partial charge in [0, 0.05) is 43.8 Å². The number of likely N-dealkylation sites (N-methyl/N-ethyl adjacent to an activating group) is 1. The molecule has 0 saturated heterocycles. The molecule has 1 aliphatic rings. The Bertz CT molecular complexity index is 1430. The molecule has 0 fully saturated rings. The van der Waals surface area contributed by atoms with E-state index in [2.05, 4.69) is 31.4 Å². The highest BCUT2D eigenvalue weighted by Crippen LogP contribution is 2.38. The molecule has 1 aromatic heterocycles. The summed E-state index contributed by atoms with van der Waals surface area (Å²) in [5, 5.41) is 6.64. The van der Waals surface area contributed by atoms with Crippen LogP contribution in [0.2, 0.25) is 0 Å². The van der Waals surface area contributed by atoms with Crippen molar-refractivity contribution in [1.29, 1.82) is 0 Å². The van der Waals surface area contributed by atoms with Crippen LogP contribution in [0.15, 0.2) is 0 Å². The SMILES string of the molecule is CCCCCCCCCOC(=O)CCCCCCC(=O)Nc1sc2c(c1C(=O)NCCN(C)C)CCN(C(=O)CCCCCOC(=O)C(CCCCCCCC)CCCCCCCC)C2. The Hall–Kier alpha value is -2.99. The fourth-order valence-electron chi connectivity index (χ4n) is 8.57. The fraction of sp³-hybridized carbons (Fsp3) is 0.830. The third-order valence-electron chi connectivity index (χ3n) is 12.7. The molecule has 1 aromatic rings. The summed E-state index contributed by atoms with van der Waals surface area (Å²) >= 11 is 1.40. The van der Waals surface area contributed by atoms with E-state index < -0.39 is 0 Å². The van der Waals surface area contributed by atoms with Crippen LogP contribution in [-0.4, -0.2) is 86.4 Å². The van der Waals surface area contributed by atoms with Gasteiger partial charge >= 0.3 is 11.9 Å². The van der Waals surface area contributed by atoms with E-state index in [4.69, 9.17) is 9.47 Å². The molecule has 11 nitrogen and oxygen atoms in total. The number of unbranched alkanes of at least 4 members (excludes halogenated alkanes) is 21. The van der Waals surface area contributed by atoms with E-state index in [1.807, 2.05) is 23.9 Å². The molecule has 0 spiro atoms. The Balaban J connectivity index is 1.80. The van der Waals surface area contributed by atoms with Crippen molar-refractivity contribution < 1.29 is 33.4 Å².